The number of benzene rings is 1. The molecule has 0 amide bonds. The Morgan fingerprint density at radius 2 is 1.79 bits per heavy atom. The van der Waals surface area contributed by atoms with E-state index < -0.39 is 0 Å². The van der Waals surface area contributed by atoms with E-state index >= 15 is 0 Å². The van der Waals surface area contributed by atoms with Crippen molar-refractivity contribution < 1.29 is 0 Å². The first-order valence-corrected chi connectivity index (χ1v) is 10.9. The Morgan fingerprint density at radius 1 is 1.04 bits per heavy atom. The number of hydrogen-bond acceptors (Lipinski definition) is 6. The van der Waals surface area contributed by atoms with E-state index in [1.54, 1.807) is 0 Å². The third kappa shape index (κ3) is 4.28. The summed E-state index contributed by atoms with van der Waals surface area (Å²) in [4.78, 5) is 13.0. The minimum absolute atomic E-state index is 0.442. The number of nitrogens with zero attached hydrogens (tertiary/aromatic N) is 3. The predicted octanol–water partition coefficient (Wildman–Crippen LogP) is 4.58. The third-order valence-electron chi connectivity index (χ3n) is 5.59. The monoisotopic (exact) mass is 395 g/mol. The van der Waals surface area contributed by atoms with E-state index in [0.29, 0.717) is 12.1 Å². The Balaban J connectivity index is 1.36. The highest BCUT2D eigenvalue weighted by atomic mass is 32.1. The van der Waals surface area contributed by atoms with Crippen LogP contribution in [0.1, 0.15) is 36.1 Å². The van der Waals surface area contributed by atoms with Gasteiger partial charge in [-0.2, -0.15) is 4.98 Å². The van der Waals surface area contributed by atoms with E-state index in [-0.39, 0.29) is 0 Å². The van der Waals surface area contributed by atoms with Crippen molar-refractivity contribution in [3.63, 3.8) is 0 Å². The lowest BCUT2D eigenvalue weighted by atomic mass is 9.91. The first-order chi connectivity index (χ1) is 13.6. The summed E-state index contributed by atoms with van der Waals surface area (Å²) in [6.07, 6.45) is 4.68. The fraction of sp³-hybridized carbons (Fsp3) is 0.455. The molecule has 2 N–H and O–H groups in total. The molecule has 1 saturated carbocycles. The smallest absolute Gasteiger partial charge is 0.225 e. The molecule has 2 heterocycles. The van der Waals surface area contributed by atoms with Gasteiger partial charge in [-0.25, -0.2) is 4.98 Å². The zero-order chi connectivity index (χ0) is 19.5. The standard InChI is InChI=1S/C22H29N5S/c1-15-12-13-28-20(15)14-23-16-8-10-17(11-9-16)24-22-25-19-7-5-4-6-18(19)21(26-22)27(2)3/h4-7,12-13,16-17,23H,8-11,14H2,1-3H3,(H,24,25,26)/t16-,17+. The van der Waals surface area contributed by atoms with Crippen LogP contribution in [0.5, 0.6) is 0 Å². The normalized spacial score (nSPS) is 19.7. The minimum Gasteiger partial charge on any atom is -0.362 e. The molecule has 1 aromatic carbocycles. The summed E-state index contributed by atoms with van der Waals surface area (Å²) >= 11 is 1.85. The molecule has 1 aliphatic carbocycles. The number of nitrogens with one attached hydrogen (secondary N) is 2. The maximum atomic E-state index is 4.78. The minimum atomic E-state index is 0.442. The van der Waals surface area contributed by atoms with Crippen molar-refractivity contribution in [2.45, 2.75) is 51.2 Å². The summed E-state index contributed by atoms with van der Waals surface area (Å²) in [5, 5.41) is 10.6. The maximum absolute atomic E-state index is 4.78. The quantitative estimate of drug-likeness (QED) is 0.640. The van der Waals surface area contributed by atoms with Crippen molar-refractivity contribution in [2.24, 2.45) is 0 Å². The van der Waals surface area contributed by atoms with Crippen LogP contribution in [0.3, 0.4) is 0 Å². The molecule has 0 atom stereocenters. The van der Waals surface area contributed by atoms with E-state index in [1.165, 1.54) is 23.3 Å². The topological polar surface area (TPSA) is 53.1 Å². The van der Waals surface area contributed by atoms with Crippen LogP contribution in [0.15, 0.2) is 35.7 Å². The van der Waals surface area contributed by atoms with Crippen molar-refractivity contribution >= 4 is 34.0 Å². The molecule has 0 aliphatic heterocycles. The van der Waals surface area contributed by atoms with Crippen LogP contribution in [-0.2, 0) is 6.54 Å². The van der Waals surface area contributed by atoms with Crippen molar-refractivity contribution in [1.82, 2.24) is 15.3 Å². The van der Waals surface area contributed by atoms with Crippen LogP contribution >= 0.6 is 11.3 Å². The van der Waals surface area contributed by atoms with E-state index in [9.17, 15) is 0 Å². The lowest BCUT2D eigenvalue weighted by molar-refractivity contribution is 0.353. The van der Waals surface area contributed by atoms with Crippen LogP contribution in [0.2, 0.25) is 0 Å². The van der Waals surface area contributed by atoms with Crippen molar-refractivity contribution in [2.75, 3.05) is 24.3 Å². The molecule has 0 radical (unpaired) electrons. The summed E-state index contributed by atoms with van der Waals surface area (Å²) in [6, 6.07) is 11.5. The molecule has 0 unspecified atom stereocenters. The number of hydrogen-bond donors (Lipinski definition) is 2. The molecule has 5 nitrogen and oxygen atoms in total. The molecule has 1 aliphatic rings. The first-order valence-electron chi connectivity index (χ1n) is 10.1. The number of thiophene rings is 1. The second-order valence-electron chi connectivity index (χ2n) is 7.88. The zero-order valence-electron chi connectivity index (χ0n) is 16.9. The van der Waals surface area contributed by atoms with Gasteiger partial charge >= 0.3 is 0 Å². The Morgan fingerprint density at radius 3 is 2.50 bits per heavy atom. The number of rotatable bonds is 6. The number of anilines is 2. The van der Waals surface area contributed by atoms with Crippen LogP contribution in [0.4, 0.5) is 11.8 Å². The molecule has 3 aromatic rings. The van der Waals surface area contributed by atoms with Gasteiger partial charge in [0.25, 0.3) is 0 Å². The second-order valence-corrected chi connectivity index (χ2v) is 8.88. The van der Waals surface area contributed by atoms with Crippen LogP contribution in [0.25, 0.3) is 10.9 Å². The fourth-order valence-corrected chi connectivity index (χ4v) is 4.77. The van der Waals surface area contributed by atoms with Crippen LogP contribution in [-0.4, -0.2) is 36.1 Å². The van der Waals surface area contributed by atoms with Gasteiger partial charge in [-0.1, -0.05) is 12.1 Å². The van der Waals surface area contributed by atoms with E-state index in [4.69, 9.17) is 9.97 Å². The average Bonchev–Trinajstić information content (AvgIpc) is 3.11. The highest BCUT2D eigenvalue weighted by Crippen LogP contribution is 2.26. The number of fused-ring (bicyclic) bond motifs is 1. The molecular formula is C22H29N5S. The van der Waals surface area contributed by atoms with Gasteiger partial charge in [0.05, 0.1) is 5.52 Å². The summed E-state index contributed by atoms with van der Waals surface area (Å²) in [5.74, 6) is 1.71. The molecule has 0 bridgehead atoms. The Bertz CT molecular complexity index is 928. The molecule has 0 saturated heterocycles. The Hall–Kier alpha value is -2.18. The summed E-state index contributed by atoms with van der Waals surface area (Å²) < 4.78 is 0. The molecule has 4 rings (SSSR count). The molecule has 0 spiro atoms. The summed E-state index contributed by atoms with van der Waals surface area (Å²) in [6.45, 7) is 3.19. The molecule has 1 fully saturated rings. The van der Waals surface area contributed by atoms with Gasteiger partial charge in [0.2, 0.25) is 5.95 Å². The van der Waals surface area contributed by atoms with Crippen LogP contribution in [0, 0.1) is 6.92 Å². The summed E-state index contributed by atoms with van der Waals surface area (Å²) in [5.41, 5.74) is 2.39. The van der Waals surface area contributed by atoms with Gasteiger partial charge in [0.15, 0.2) is 0 Å². The van der Waals surface area contributed by atoms with E-state index in [1.807, 2.05) is 37.6 Å². The summed E-state index contributed by atoms with van der Waals surface area (Å²) in [7, 11) is 4.06. The van der Waals surface area contributed by atoms with E-state index in [2.05, 4.69) is 46.0 Å². The zero-order valence-corrected chi connectivity index (χ0v) is 17.7. The third-order valence-corrected chi connectivity index (χ3v) is 6.61. The first kappa shape index (κ1) is 19.2. The largest absolute Gasteiger partial charge is 0.362 e. The highest BCUT2D eigenvalue weighted by molar-refractivity contribution is 7.10. The Labute approximate surface area is 171 Å². The lowest BCUT2D eigenvalue weighted by Crippen LogP contribution is -2.36. The highest BCUT2D eigenvalue weighted by Gasteiger charge is 2.22. The second kappa shape index (κ2) is 8.45. The number of aromatic nitrogens is 2. The lowest BCUT2D eigenvalue weighted by Gasteiger charge is -2.30. The molecule has 2 aromatic heterocycles. The van der Waals surface area contributed by atoms with Gasteiger partial charge in [0, 0.05) is 43.0 Å². The number of aryl methyl sites for hydroxylation is 1. The van der Waals surface area contributed by atoms with Gasteiger partial charge in [-0.3, -0.25) is 0 Å². The SMILES string of the molecule is Cc1ccsc1CN[C@H]1CC[C@@H](Nc2nc(N(C)C)c3ccccc3n2)CC1. The van der Waals surface area contributed by atoms with Crippen molar-refractivity contribution in [3.8, 4) is 0 Å². The molecule has 28 heavy (non-hydrogen) atoms. The number of para-hydroxylation sites is 1. The van der Waals surface area contributed by atoms with Crippen LogP contribution < -0.4 is 15.5 Å². The van der Waals surface area contributed by atoms with Gasteiger partial charge in [-0.05, 0) is 61.7 Å². The average molecular weight is 396 g/mol. The van der Waals surface area contributed by atoms with Crippen molar-refractivity contribution in [3.05, 3.63) is 46.2 Å². The Kier molecular flexibility index (Phi) is 5.78. The molecular weight excluding hydrogens is 366 g/mol. The van der Waals surface area contributed by atoms with Crippen molar-refractivity contribution in [1.29, 1.82) is 0 Å². The molecule has 6 heteroatoms. The van der Waals surface area contributed by atoms with Gasteiger partial charge in [0.1, 0.15) is 5.82 Å². The fourth-order valence-electron chi connectivity index (χ4n) is 3.91. The maximum Gasteiger partial charge on any atom is 0.225 e. The van der Waals surface area contributed by atoms with Gasteiger partial charge < -0.3 is 15.5 Å². The molecule has 148 valence electrons. The van der Waals surface area contributed by atoms with Gasteiger partial charge in [-0.15, -0.1) is 11.3 Å². The van der Waals surface area contributed by atoms with E-state index in [0.717, 1.165) is 42.1 Å². The predicted molar refractivity (Wildman–Crippen MR) is 119 cm³/mol.